The number of ether oxygens (including phenoxy) is 1. The van der Waals surface area contributed by atoms with Crippen molar-refractivity contribution in [2.24, 2.45) is 0 Å². The first-order chi connectivity index (χ1) is 9.54. The predicted octanol–water partition coefficient (Wildman–Crippen LogP) is 4.18. The van der Waals surface area contributed by atoms with Crippen LogP contribution < -0.4 is 4.74 Å². The molecule has 0 amide bonds. The van der Waals surface area contributed by atoms with Crippen LogP contribution in [0.5, 0.6) is 5.75 Å². The number of aliphatic hydroxyl groups excluding tert-OH is 1. The average molecular weight is 297 g/mol. The molecule has 5 heteroatoms. The highest BCUT2D eigenvalue weighted by Gasteiger charge is 2.28. The van der Waals surface area contributed by atoms with Crippen LogP contribution in [0.3, 0.4) is 0 Å². The quantitative estimate of drug-likeness (QED) is 0.855. The zero-order valence-corrected chi connectivity index (χ0v) is 11.1. The normalized spacial score (nSPS) is 21.2. The number of aliphatic hydroxyl groups is 1. The third-order valence-corrected chi connectivity index (χ3v) is 3.65. The highest BCUT2D eigenvalue weighted by atomic mass is 35.5. The van der Waals surface area contributed by atoms with Crippen molar-refractivity contribution in [2.75, 3.05) is 0 Å². The van der Waals surface area contributed by atoms with Gasteiger partial charge in [-0.25, -0.2) is 8.78 Å². The maximum atomic E-state index is 13.2. The van der Waals surface area contributed by atoms with Gasteiger partial charge in [0, 0.05) is 18.1 Å². The first-order valence-corrected chi connectivity index (χ1v) is 6.51. The summed E-state index contributed by atoms with van der Waals surface area (Å²) in [4.78, 5) is 0. The molecule has 1 N–H and O–H groups in total. The molecule has 0 spiro atoms. The maximum Gasteiger partial charge on any atom is 0.141 e. The van der Waals surface area contributed by atoms with E-state index in [4.69, 9.17) is 16.3 Å². The van der Waals surface area contributed by atoms with E-state index in [0.29, 0.717) is 23.3 Å². The van der Waals surface area contributed by atoms with Crippen LogP contribution >= 0.6 is 11.6 Å². The van der Waals surface area contributed by atoms with Gasteiger partial charge in [-0.2, -0.15) is 0 Å². The number of rotatable bonds is 1. The molecule has 2 aromatic rings. The van der Waals surface area contributed by atoms with Crippen molar-refractivity contribution in [3.05, 3.63) is 64.2 Å². The zero-order chi connectivity index (χ0) is 14.3. The number of hydrogen-bond acceptors (Lipinski definition) is 2. The molecule has 0 saturated heterocycles. The minimum atomic E-state index is -0.756. The summed E-state index contributed by atoms with van der Waals surface area (Å²) >= 11 is 5.74. The summed E-state index contributed by atoms with van der Waals surface area (Å²) in [6.07, 6.45) is -0.939. The van der Waals surface area contributed by atoms with Gasteiger partial charge >= 0.3 is 0 Å². The van der Waals surface area contributed by atoms with E-state index in [0.717, 1.165) is 0 Å². The first kappa shape index (κ1) is 13.3. The summed E-state index contributed by atoms with van der Waals surface area (Å²) in [6.45, 7) is 0. The predicted molar refractivity (Wildman–Crippen MR) is 70.8 cm³/mol. The Morgan fingerprint density at radius 1 is 1.15 bits per heavy atom. The van der Waals surface area contributed by atoms with Gasteiger partial charge in [0.15, 0.2) is 0 Å². The number of fused-ring (bicyclic) bond motifs is 1. The topological polar surface area (TPSA) is 29.5 Å². The summed E-state index contributed by atoms with van der Waals surface area (Å²) in [7, 11) is 0. The SMILES string of the molecule is OC1CC(c2ccc(F)c(Cl)c2)Oc2cc(F)ccc21. The summed E-state index contributed by atoms with van der Waals surface area (Å²) in [5.74, 6) is -0.652. The van der Waals surface area contributed by atoms with E-state index in [2.05, 4.69) is 0 Å². The van der Waals surface area contributed by atoms with Crippen molar-refractivity contribution in [3.8, 4) is 5.75 Å². The van der Waals surface area contributed by atoms with Gasteiger partial charge in [-0.1, -0.05) is 17.7 Å². The Morgan fingerprint density at radius 3 is 2.70 bits per heavy atom. The van der Waals surface area contributed by atoms with Crippen LogP contribution in [0.4, 0.5) is 8.78 Å². The molecule has 2 unspecified atom stereocenters. The minimum Gasteiger partial charge on any atom is -0.485 e. The van der Waals surface area contributed by atoms with Crippen LogP contribution in [-0.4, -0.2) is 5.11 Å². The molecule has 20 heavy (non-hydrogen) atoms. The molecule has 0 fully saturated rings. The zero-order valence-electron chi connectivity index (χ0n) is 10.3. The molecule has 1 aliphatic rings. The molecule has 2 nitrogen and oxygen atoms in total. The molecule has 0 aliphatic carbocycles. The molecule has 1 aliphatic heterocycles. The molecular formula is C15H11ClF2O2. The number of halogens is 3. The lowest BCUT2D eigenvalue weighted by Gasteiger charge is -2.30. The van der Waals surface area contributed by atoms with Gasteiger partial charge in [0.25, 0.3) is 0 Å². The van der Waals surface area contributed by atoms with Crippen LogP contribution in [-0.2, 0) is 0 Å². The molecule has 1 heterocycles. The van der Waals surface area contributed by atoms with Gasteiger partial charge in [0.05, 0.1) is 11.1 Å². The standard InChI is InChI=1S/C15H11ClF2O2/c16-11-5-8(1-4-12(11)18)14-7-13(19)10-3-2-9(17)6-15(10)20-14/h1-6,13-14,19H,7H2. The lowest BCUT2D eigenvalue weighted by atomic mass is 9.95. The van der Waals surface area contributed by atoms with Crippen molar-refractivity contribution in [3.63, 3.8) is 0 Å². The Labute approximate surface area is 119 Å². The van der Waals surface area contributed by atoms with E-state index in [-0.39, 0.29) is 5.02 Å². The maximum absolute atomic E-state index is 13.2. The average Bonchev–Trinajstić information content (AvgIpc) is 2.41. The first-order valence-electron chi connectivity index (χ1n) is 6.13. The van der Waals surface area contributed by atoms with Gasteiger partial charge in [-0.05, 0) is 29.8 Å². The summed E-state index contributed by atoms with van der Waals surface area (Å²) in [6, 6.07) is 8.26. The minimum absolute atomic E-state index is 0.00868. The van der Waals surface area contributed by atoms with Gasteiger partial charge in [0.2, 0.25) is 0 Å². The lowest BCUT2D eigenvalue weighted by Crippen LogP contribution is -2.19. The van der Waals surface area contributed by atoms with E-state index in [1.165, 1.54) is 30.3 Å². The lowest BCUT2D eigenvalue weighted by molar-refractivity contribution is 0.0653. The van der Waals surface area contributed by atoms with Crippen LogP contribution in [0.15, 0.2) is 36.4 Å². The Morgan fingerprint density at radius 2 is 1.95 bits per heavy atom. The molecule has 0 saturated carbocycles. The molecule has 3 rings (SSSR count). The Hall–Kier alpha value is -1.65. The van der Waals surface area contributed by atoms with Crippen LogP contribution in [0.25, 0.3) is 0 Å². The summed E-state index contributed by atoms with van der Waals surface area (Å²) in [5.41, 5.74) is 1.20. The molecule has 0 bridgehead atoms. The van der Waals surface area contributed by atoms with Crippen molar-refractivity contribution in [2.45, 2.75) is 18.6 Å². The second-order valence-corrected chi connectivity index (χ2v) is 5.12. The van der Waals surface area contributed by atoms with E-state index < -0.39 is 23.8 Å². The highest BCUT2D eigenvalue weighted by Crippen LogP contribution is 2.41. The number of hydrogen-bond donors (Lipinski definition) is 1. The monoisotopic (exact) mass is 296 g/mol. The Bertz CT molecular complexity index is 660. The molecule has 0 radical (unpaired) electrons. The summed E-state index contributed by atoms with van der Waals surface area (Å²) < 4.78 is 32.1. The van der Waals surface area contributed by atoms with Crippen molar-refractivity contribution in [1.29, 1.82) is 0 Å². The molecule has 2 aromatic carbocycles. The second-order valence-electron chi connectivity index (χ2n) is 4.71. The van der Waals surface area contributed by atoms with Gasteiger partial charge in [-0.3, -0.25) is 0 Å². The van der Waals surface area contributed by atoms with Gasteiger partial charge in [-0.15, -0.1) is 0 Å². The number of benzene rings is 2. The second kappa shape index (κ2) is 5.04. The molecular weight excluding hydrogens is 286 g/mol. The van der Waals surface area contributed by atoms with Crippen molar-refractivity contribution >= 4 is 11.6 Å². The smallest absolute Gasteiger partial charge is 0.141 e. The van der Waals surface area contributed by atoms with Gasteiger partial charge in [0.1, 0.15) is 23.5 Å². The van der Waals surface area contributed by atoms with E-state index in [1.54, 1.807) is 6.07 Å². The summed E-state index contributed by atoms with van der Waals surface area (Å²) in [5, 5.41) is 10.1. The fourth-order valence-corrected chi connectivity index (χ4v) is 2.52. The van der Waals surface area contributed by atoms with Crippen LogP contribution in [0.2, 0.25) is 5.02 Å². The third kappa shape index (κ3) is 2.37. The van der Waals surface area contributed by atoms with Crippen LogP contribution in [0, 0.1) is 11.6 Å². The van der Waals surface area contributed by atoms with Gasteiger partial charge < -0.3 is 9.84 Å². The van der Waals surface area contributed by atoms with E-state index in [1.807, 2.05) is 0 Å². The van der Waals surface area contributed by atoms with Crippen LogP contribution in [0.1, 0.15) is 29.8 Å². The van der Waals surface area contributed by atoms with Crippen molar-refractivity contribution in [1.82, 2.24) is 0 Å². The van der Waals surface area contributed by atoms with Crippen molar-refractivity contribution < 1.29 is 18.6 Å². The third-order valence-electron chi connectivity index (χ3n) is 3.36. The Kier molecular flexibility index (Phi) is 3.36. The molecule has 104 valence electrons. The largest absolute Gasteiger partial charge is 0.485 e. The highest BCUT2D eigenvalue weighted by molar-refractivity contribution is 6.30. The van der Waals surface area contributed by atoms with E-state index >= 15 is 0 Å². The van der Waals surface area contributed by atoms with E-state index in [9.17, 15) is 13.9 Å². The Balaban J connectivity index is 1.96. The molecule has 0 aromatic heterocycles. The fourth-order valence-electron chi connectivity index (χ4n) is 2.33. The molecule has 2 atom stereocenters. The fraction of sp³-hybridized carbons (Fsp3) is 0.200.